The average Bonchev–Trinajstić information content (AvgIpc) is 3.35. The SMILES string of the molecule is CCc1[nH]c2nc(Sc3cncnc3)nc(N3CC4CCNC4C3)c2c1Cl. The van der Waals surface area contributed by atoms with Crippen molar-refractivity contribution in [2.45, 2.75) is 35.9 Å². The molecule has 2 unspecified atom stereocenters. The number of hydrogen-bond acceptors (Lipinski definition) is 7. The summed E-state index contributed by atoms with van der Waals surface area (Å²) >= 11 is 8.16. The van der Waals surface area contributed by atoms with Gasteiger partial charge >= 0.3 is 0 Å². The molecule has 0 amide bonds. The van der Waals surface area contributed by atoms with Gasteiger partial charge in [-0.3, -0.25) is 0 Å². The maximum atomic E-state index is 6.69. The number of nitrogens with zero attached hydrogens (tertiary/aromatic N) is 5. The second kappa shape index (κ2) is 6.92. The highest BCUT2D eigenvalue weighted by Crippen LogP contribution is 2.39. The lowest BCUT2D eigenvalue weighted by Crippen LogP contribution is -2.30. The smallest absolute Gasteiger partial charge is 0.196 e. The van der Waals surface area contributed by atoms with Gasteiger partial charge in [0.15, 0.2) is 5.16 Å². The summed E-state index contributed by atoms with van der Waals surface area (Å²) < 4.78 is 0. The molecule has 5 heterocycles. The molecule has 5 rings (SSSR count). The molecule has 2 N–H and O–H groups in total. The lowest BCUT2D eigenvalue weighted by atomic mass is 10.1. The van der Waals surface area contributed by atoms with Crippen molar-refractivity contribution in [3.05, 3.63) is 29.4 Å². The molecule has 2 atom stereocenters. The molecule has 3 aromatic rings. The summed E-state index contributed by atoms with van der Waals surface area (Å²) in [6, 6.07) is 0.539. The van der Waals surface area contributed by atoms with Crippen LogP contribution in [0.5, 0.6) is 0 Å². The summed E-state index contributed by atoms with van der Waals surface area (Å²) in [5.41, 5.74) is 1.80. The number of anilines is 1. The monoisotopic (exact) mass is 401 g/mol. The standard InChI is InChI=1S/C18H20ClN7S/c1-2-12-15(19)14-16(23-12)24-18(27-11-5-20-9-21-6-11)25-17(14)26-7-10-3-4-22-13(10)8-26/h5-6,9-10,13,22H,2-4,7-8H2,1H3,(H,23,24,25). The Morgan fingerprint density at radius 3 is 2.89 bits per heavy atom. The Morgan fingerprint density at radius 1 is 1.26 bits per heavy atom. The first-order chi connectivity index (χ1) is 13.2. The summed E-state index contributed by atoms with van der Waals surface area (Å²) in [4.78, 5) is 24.4. The number of aromatic amines is 1. The Kier molecular flexibility index (Phi) is 4.41. The first kappa shape index (κ1) is 17.2. The quantitative estimate of drug-likeness (QED) is 0.650. The Labute approximate surface area is 166 Å². The van der Waals surface area contributed by atoms with Crippen LogP contribution in [0.1, 0.15) is 19.0 Å². The van der Waals surface area contributed by atoms with Crippen molar-refractivity contribution in [1.29, 1.82) is 0 Å². The van der Waals surface area contributed by atoms with E-state index in [-0.39, 0.29) is 0 Å². The first-order valence-corrected chi connectivity index (χ1v) is 10.4. The van der Waals surface area contributed by atoms with Crippen molar-refractivity contribution in [2.75, 3.05) is 24.5 Å². The number of halogens is 1. The van der Waals surface area contributed by atoms with Gasteiger partial charge in [0.05, 0.1) is 15.3 Å². The van der Waals surface area contributed by atoms with Gasteiger partial charge in [-0.2, -0.15) is 0 Å². The molecule has 2 saturated heterocycles. The molecule has 0 bridgehead atoms. The van der Waals surface area contributed by atoms with Crippen molar-refractivity contribution in [2.24, 2.45) is 5.92 Å². The van der Waals surface area contributed by atoms with Gasteiger partial charge in [-0.25, -0.2) is 19.9 Å². The average molecular weight is 402 g/mol. The van der Waals surface area contributed by atoms with E-state index in [1.807, 2.05) is 0 Å². The number of nitrogens with one attached hydrogen (secondary N) is 2. The summed E-state index contributed by atoms with van der Waals surface area (Å²) in [7, 11) is 0. The van der Waals surface area contributed by atoms with E-state index >= 15 is 0 Å². The van der Waals surface area contributed by atoms with Crippen molar-refractivity contribution >= 4 is 40.2 Å². The van der Waals surface area contributed by atoms with Gasteiger partial charge in [0.1, 0.15) is 17.8 Å². The predicted molar refractivity (Wildman–Crippen MR) is 107 cm³/mol. The van der Waals surface area contributed by atoms with Gasteiger partial charge in [-0.1, -0.05) is 18.5 Å². The van der Waals surface area contributed by atoms with Gasteiger partial charge in [-0.05, 0) is 37.1 Å². The number of fused-ring (bicyclic) bond motifs is 2. The van der Waals surface area contributed by atoms with Gasteiger partial charge in [-0.15, -0.1) is 0 Å². The van der Waals surface area contributed by atoms with Crippen molar-refractivity contribution < 1.29 is 0 Å². The van der Waals surface area contributed by atoms with E-state index in [2.05, 4.69) is 32.1 Å². The molecule has 0 spiro atoms. The van der Waals surface area contributed by atoms with Crippen molar-refractivity contribution in [3.63, 3.8) is 0 Å². The summed E-state index contributed by atoms with van der Waals surface area (Å²) in [6.45, 7) is 5.16. The number of rotatable bonds is 4. The topological polar surface area (TPSA) is 82.6 Å². The van der Waals surface area contributed by atoms with E-state index in [4.69, 9.17) is 21.6 Å². The molecule has 0 aromatic carbocycles. The Morgan fingerprint density at radius 2 is 2.11 bits per heavy atom. The molecule has 0 saturated carbocycles. The number of H-pyrrole nitrogens is 1. The highest BCUT2D eigenvalue weighted by molar-refractivity contribution is 7.99. The summed E-state index contributed by atoms with van der Waals surface area (Å²) in [5, 5.41) is 5.96. The zero-order valence-electron chi connectivity index (χ0n) is 14.9. The zero-order valence-corrected chi connectivity index (χ0v) is 16.5. The van der Waals surface area contributed by atoms with Crippen LogP contribution in [-0.2, 0) is 6.42 Å². The highest BCUT2D eigenvalue weighted by atomic mass is 35.5. The number of aromatic nitrogens is 5. The number of hydrogen-bond donors (Lipinski definition) is 2. The predicted octanol–water partition coefficient (Wildman–Crippen LogP) is 2.91. The lowest BCUT2D eigenvalue weighted by molar-refractivity contribution is 0.556. The third kappa shape index (κ3) is 3.05. The van der Waals surface area contributed by atoms with Gasteiger partial charge in [0.2, 0.25) is 0 Å². The molecule has 3 aromatic heterocycles. The van der Waals surface area contributed by atoms with Crippen molar-refractivity contribution in [1.82, 2.24) is 30.2 Å². The highest BCUT2D eigenvalue weighted by Gasteiger charge is 2.37. The maximum absolute atomic E-state index is 6.69. The Bertz CT molecular complexity index is 965. The van der Waals surface area contributed by atoms with E-state index in [1.54, 1.807) is 12.4 Å². The van der Waals surface area contributed by atoms with Crippen LogP contribution in [0.15, 0.2) is 28.8 Å². The molecule has 27 heavy (non-hydrogen) atoms. The lowest BCUT2D eigenvalue weighted by Gasteiger charge is -2.20. The molecule has 9 heteroatoms. The van der Waals surface area contributed by atoms with Gasteiger partial charge in [0.25, 0.3) is 0 Å². The van der Waals surface area contributed by atoms with Crippen LogP contribution in [0, 0.1) is 5.92 Å². The molecular formula is C18H20ClN7S. The molecule has 0 aliphatic carbocycles. The van der Waals surface area contributed by atoms with Gasteiger partial charge < -0.3 is 15.2 Å². The third-order valence-electron chi connectivity index (χ3n) is 5.38. The summed E-state index contributed by atoms with van der Waals surface area (Å²) in [5.74, 6) is 1.61. The normalized spacial score (nSPS) is 21.9. The number of aryl methyl sites for hydroxylation is 1. The molecular weight excluding hydrogens is 382 g/mol. The van der Waals surface area contributed by atoms with Crippen molar-refractivity contribution in [3.8, 4) is 0 Å². The molecule has 2 fully saturated rings. The molecule has 2 aliphatic rings. The van der Waals surface area contributed by atoms with E-state index in [0.29, 0.717) is 17.1 Å². The second-order valence-electron chi connectivity index (χ2n) is 7.02. The second-order valence-corrected chi connectivity index (χ2v) is 8.43. The van der Waals surface area contributed by atoms with Gasteiger partial charge in [0, 0.05) is 37.2 Å². The van der Waals surface area contributed by atoms with E-state index in [9.17, 15) is 0 Å². The summed E-state index contributed by atoms with van der Waals surface area (Å²) in [6.07, 6.45) is 7.12. The van der Waals surface area contributed by atoms with Crippen LogP contribution in [0.4, 0.5) is 5.82 Å². The minimum absolute atomic E-state index is 0.539. The third-order valence-corrected chi connectivity index (χ3v) is 6.61. The minimum atomic E-state index is 0.539. The Balaban J connectivity index is 1.59. The van der Waals surface area contributed by atoms with Crippen LogP contribution in [-0.4, -0.2) is 50.6 Å². The first-order valence-electron chi connectivity index (χ1n) is 9.22. The van der Waals surface area contributed by atoms with Crippen LogP contribution in [0.3, 0.4) is 0 Å². The van der Waals surface area contributed by atoms with Crippen LogP contribution < -0.4 is 10.2 Å². The fraction of sp³-hybridized carbons (Fsp3) is 0.444. The largest absolute Gasteiger partial charge is 0.354 e. The molecule has 140 valence electrons. The zero-order chi connectivity index (χ0) is 18.4. The molecule has 2 aliphatic heterocycles. The molecule has 0 radical (unpaired) electrons. The van der Waals surface area contributed by atoms with Crippen LogP contribution in [0.2, 0.25) is 5.02 Å². The fourth-order valence-corrected chi connectivity index (χ4v) is 5.12. The molecule has 7 nitrogen and oxygen atoms in total. The fourth-order valence-electron chi connectivity index (χ4n) is 4.05. The Hall–Kier alpha value is -1.90. The van der Waals surface area contributed by atoms with E-state index in [0.717, 1.165) is 58.5 Å². The minimum Gasteiger partial charge on any atom is -0.354 e. The maximum Gasteiger partial charge on any atom is 0.196 e. The van der Waals surface area contributed by atoms with E-state index in [1.165, 1.54) is 24.5 Å². The van der Waals surface area contributed by atoms with Crippen LogP contribution in [0.25, 0.3) is 11.0 Å². The van der Waals surface area contributed by atoms with Crippen LogP contribution >= 0.6 is 23.4 Å². The van der Waals surface area contributed by atoms with E-state index < -0.39 is 0 Å².